The maximum absolute atomic E-state index is 13.3. The Morgan fingerprint density at radius 2 is 1.67 bits per heavy atom. The number of esters is 1. The molecule has 0 heterocycles. The number of hydrogen-bond acceptors (Lipinski definition) is 3. The molecule has 0 aliphatic heterocycles. The van der Waals surface area contributed by atoms with Crippen LogP contribution >= 0.6 is 0 Å². The van der Waals surface area contributed by atoms with E-state index in [4.69, 9.17) is 4.74 Å². The number of nitrogens with zero attached hydrogens (tertiary/aromatic N) is 1. The fraction of sp³-hybridized carbons (Fsp3) is 0.409. The van der Waals surface area contributed by atoms with Crippen molar-refractivity contribution in [2.75, 3.05) is 6.54 Å². The van der Waals surface area contributed by atoms with Crippen LogP contribution in [0.3, 0.4) is 0 Å². The zero-order valence-electron chi connectivity index (χ0n) is 16.8. The summed E-state index contributed by atoms with van der Waals surface area (Å²) in [5.74, 6) is -0.296. The summed E-state index contributed by atoms with van der Waals surface area (Å²) in [6.07, 6.45) is 0.146. The summed E-state index contributed by atoms with van der Waals surface area (Å²) in [5.41, 5.74) is 1.52. The monoisotopic (exact) mass is 387 g/mol. The lowest BCUT2D eigenvalue weighted by Gasteiger charge is -2.30. The minimum Gasteiger partial charge on any atom is -0.460 e. The van der Waals surface area contributed by atoms with Gasteiger partial charge in [-0.1, -0.05) is 55.0 Å². The number of rotatable bonds is 7. The summed E-state index contributed by atoms with van der Waals surface area (Å²) >= 11 is 0. The minimum atomic E-state index is -1.37. The molecule has 2 aromatic rings. The minimum absolute atomic E-state index is 0.146. The summed E-state index contributed by atoms with van der Waals surface area (Å²) in [4.78, 5) is 13.2. The zero-order chi connectivity index (χ0) is 20.0. The molecule has 0 aromatic heterocycles. The highest BCUT2D eigenvalue weighted by Gasteiger charge is 2.29. The Labute approximate surface area is 165 Å². The molecular weight excluding hydrogens is 358 g/mol. The number of carbonyl (C=O) groups is 1. The van der Waals surface area contributed by atoms with E-state index in [1.807, 2.05) is 93.5 Å². The Balaban J connectivity index is 2.33. The molecule has 27 heavy (non-hydrogen) atoms. The quantitative estimate of drug-likeness (QED) is 0.640. The van der Waals surface area contributed by atoms with E-state index in [-0.39, 0.29) is 18.4 Å². The Kier molecular flexibility index (Phi) is 7.33. The van der Waals surface area contributed by atoms with Crippen LogP contribution in [0.1, 0.15) is 51.3 Å². The maximum atomic E-state index is 13.3. The van der Waals surface area contributed by atoms with E-state index in [9.17, 15) is 9.00 Å². The molecule has 2 aromatic carbocycles. The molecule has 0 bridgehead atoms. The van der Waals surface area contributed by atoms with E-state index < -0.39 is 16.6 Å². The Hall–Kier alpha value is -1.98. The van der Waals surface area contributed by atoms with Crippen molar-refractivity contribution in [1.82, 2.24) is 4.31 Å². The third-order valence-corrected chi connectivity index (χ3v) is 5.67. The van der Waals surface area contributed by atoms with Crippen LogP contribution in [0, 0.1) is 6.92 Å². The molecule has 5 heteroatoms. The van der Waals surface area contributed by atoms with E-state index in [2.05, 4.69) is 0 Å². The second-order valence-corrected chi connectivity index (χ2v) is 8.95. The smallest absolute Gasteiger partial charge is 0.308 e. The van der Waals surface area contributed by atoms with Gasteiger partial charge in [-0.25, -0.2) is 8.51 Å². The van der Waals surface area contributed by atoms with Crippen LogP contribution in [0.4, 0.5) is 0 Å². The van der Waals surface area contributed by atoms with E-state index in [0.29, 0.717) is 6.54 Å². The lowest BCUT2D eigenvalue weighted by atomic mass is 10.0. The van der Waals surface area contributed by atoms with Gasteiger partial charge in [-0.15, -0.1) is 0 Å². The molecule has 146 valence electrons. The number of benzene rings is 2. The molecule has 1 unspecified atom stereocenters. The average molecular weight is 388 g/mol. The van der Waals surface area contributed by atoms with Crippen molar-refractivity contribution >= 4 is 17.0 Å². The summed E-state index contributed by atoms with van der Waals surface area (Å²) in [7, 11) is -1.37. The SMILES string of the molecule is CCN([C@H](CC(=O)OC(C)(C)C)c1ccccc1)S(=O)c1ccc(C)cc1. The molecule has 2 rings (SSSR count). The second kappa shape index (κ2) is 9.29. The van der Waals surface area contributed by atoms with Crippen molar-refractivity contribution in [3.8, 4) is 0 Å². The molecule has 0 aliphatic carbocycles. The van der Waals surface area contributed by atoms with Gasteiger partial charge < -0.3 is 4.74 Å². The first-order valence-electron chi connectivity index (χ1n) is 9.23. The van der Waals surface area contributed by atoms with Gasteiger partial charge in [0.25, 0.3) is 0 Å². The molecule has 2 atom stereocenters. The highest BCUT2D eigenvalue weighted by atomic mass is 32.2. The lowest BCUT2D eigenvalue weighted by molar-refractivity contribution is -0.155. The average Bonchev–Trinajstić information content (AvgIpc) is 2.61. The highest BCUT2D eigenvalue weighted by molar-refractivity contribution is 7.82. The first-order valence-corrected chi connectivity index (χ1v) is 10.3. The van der Waals surface area contributed by atoms with Gasteiger partial charge in [-0.05, 0) is 45.4 Å². The van der Waals surface area contributed by atoms with Gasteiger partial charge in [0.15, 0.2) is 0 Å². The Bertz CT molecular complexity index is 766. The molecule has 0 aliphatic rings. The van der Waals surface area contributed by atoms with Crippen LogP contribution in [0.15, 0.2) is 59.5 Å². The predicted octanol–water partition coefficient (Wildman–Crippen LogP) is 4.81. The molecule has 0 saturated carbocycles. The van der Waals surface area contributed by atoms with E-state index in [0.717, 1.165) is 16.0 Å². The largest absolute Gasteiger partial charge is 0.460 e. The number of hydrogen-bond donors (Lipinski definition) is 0. The molecular formula is C22H29NO3S. The van der Waals surface area contributed by atoms with Crippen LogP contribution in [0.2, 0.25) is 0 Å². The van der Waals surface area contributed by atoms with Gasteiger partial charge in [0.2, 0.25) is 0 Å². The molecule has 0 saturated heterocycles. The van der Waals surface area contributed by atoms with Crippen molar-refractivity contribution in [3.63, 3.8) is 0 Å². The number of ether oxygens (including phenoxy) is 1. The molecule has 4 nitrogen and oxygen atoms in total. The van der Waals surface area contributed by atoms with Crippen molar-refractivity contribution in [1.29, 1.82) is 0 Å². The fourth-order valence-corrected chi connectivity index (χ4v) is 4.15. The van der Waals surface area contributed by atoms with E-state index >= 15 is 0 Å². The second-order valence-electron chi connectivity index (χ2n) is 7.51. The fourth-order valence-electron chi connectivity index (χ4n) is 2.85. The van der Waals surface area contributed by atoms with Crippen molar-refractivity contribution in [2.45, 2.75) is 57.6 Å². The van der Waals surface area contributed by atoms with Crippen molar-refractivity contribution in [2.24, 2.45) is 0 Å². The Morgan fingerprint density at radius 3 is 2.19 bits per heavy atom. The topological polar surface area (TPSA) is 46.6 Å². The molecule has 0 amide bonds. The van der Waals surface area contributed by atoms with Gasteiger partial charge >= 0.3 is 5.97 Å². The molecule has 0 N–H and O–H groups in total. The molecule has 0 spiro atoms. The molecule has 0 radical (unpaired) electrons. The summed E-state index contributed by atoms with van der Waals surface area (Å²) in [6, 6.07) is 17.1. The van der Waals surface area contributed by atoms with Gasteiger partial charge in [-0.2, -0.15) is 0 Å². The standard InChI is InChI=1S/C22H29NO3S/c1-6-23(27(25)19-14-12-17(2)13-15-19)20(18-10-8-7-9-11-18)16-21(24)26-22(3,4)5/h7-15,20H,6,16H2,1-5H3/t20-,27?/m1/s1. The summed E-state index contributed by atoms with van der Waals surface area (Å²) < 4.78 is 20.6. The molecule has 0 fully saturated rings. The maximum Gasteiger partial charge on any atom is 0.308 e. The van der Waals surface area contributed by atoms with Gasteiger partial charge in [-0.3, -0.25) is 4.79 Å². The van der Waals surface area contributed by atoms with Crippen LogP contribution in [-0.2, 0) is 20.5 Å². The van der Waals surface area contributed by atoms with Crippen molar-refractivity contribution in [3.05, 3.63) is 65.7 Å². The first-order chi connectivity index (χ1) is 12.7. The number of aryl methyl sites for hydroxylation is 1. The predicted molar refractivity (Wildman–Crippen MR) is 110 cm³/mol. The van der Waals surface area contributed by atoms with E-state index in [1.54, 1.807) is 0 Å². The van der Waals surface area contributed by atoms with Crippen molar-refractivity contribution < 1.29 is 13.7 Å². The third kappa shape index (κ3) is 6.29. The van der Waals surface area contributed by atoms with Gasteiger partial charge in [0, 0.05) is 6.54 Å². The van der Waals surface area contributed by atoms with Crippen LogP contribution < -0.4 is 0 Å². The third-order valence-electron chi connectivity index (χ3n) is 4.06. The van der Waals surface area contributed by atoms with Gasteiger partial charge in [0.05, 0.1) is 17.4 Å². The Morgan fingerprint density at radius 1 is 1.07 bits per heavy atom. The highest BCUT2D eigenvalue weighted by Crippen LogP contribution is 2.29. The van der Waals surface area contributed by atoms with Crippen LogP contribution in [-0.4, -0.2) is 26.6 Å². The van der Waals surface area contributed by atoms with Crippen LogP contribution in [0.5, 0.6) is 0 Å². The zero-order valence-corrected chi connectivity index (χ0v) is 17.6. The van der Waals surface area contributed by atoms with Crippen LogP contribution in [0.25, 0.3) is 0 Å². The number of carbonyl (C=O) groups excluding carboxylic acids is 1. The summed E-state index contributed by atoms with van der Waals surface area (Å²) in [5, 5.41) is 0. The first kappa shape index (κ1) is 21.3. The van der Waals surface area contributed by atoms with Gasteiger partial charge in [0.1, 0.15) is 16.6 Å². The summed E-state index contributed by atoms with van der Waals surface area (Å²) in [6.45, 7) is 10.1. The lowest BCUT2D eigenvalue weighted by Crippen LogP contribution is -2.34. The van der Waals surface area contributed by atoms with E-state index in [1.165, 1.54) is 0 Å². The normalized spacial score (nSPS) is 14.0.